The molecule has 0 bridgehead atoms. The number of amides is 1. The summed E-state index contributed by atoms with van der Waals surface area (Å²) in [5.41, 5.74) is 6.59. The Hall–Kier alpha value is -1.56. The molecule has 1 amide bonds. The number of rotatable bonds is 4. The number of nitrogens with zero attached hydrogens (tertiary/aromatic N) is 1. The van der Waals surface area contributed by atoms with Crippen LogP contribution in [0.2, 0.25) is 0 Å². The van der Waals surface area contributed by atoms with Crippen LogP contribution in [0.3, 0.4) is 0 Å². The van der Waals surface area contributed by atoms with Gasteiger partial charge in [-0.05, 0) is 28.1 Å². The third-order valence-corrected chi connectivity index (χ3v) is 4.25. The first kappa shape index (κ1) is 13.9. The van der Waals surface area contributed by atoms with Crippen LogP contribution in [0.1, 0.15) is 17.3 Å². The van der Waals surface area contributed by atoms with Gasteiger partial charge < -0.3 is 15.7 Å². The summed E-state index contributed by atoms with van der Waals surface area (Å²) in [6, 6.07) is 5.42. The Morgan fingerprint density at radius 2 is 2.11 bits per heavy atom. The van der Waals surface area contributed by atoms with E-state index in [2.05, 4.69) is 15.9 Å². The predicted molar refractivity (Wildman–Crippen MR) is 75.2 cm³/mol. The van der Waals surface area contributed by atoms with E-state index in [1.807, 2.05) is 17.0 Å². The van der Waals surface area contributed by atoms with Crippen LogP contribution in [0, 0.1) is 11.8 Å². The number of carboxylic acid groups (broad SMARTS) is 1. The van der Waals surface area contributed by atoms with Gasteiger partial charge in [0.15, 0.2) is 0 Å². The second-order valence-corrected chi connectivity index (χ2v) is 5.64. The summed E-state index contributed by atoms with van der Waals surface area (Å²) in [6.07, 6.45) is 0. The normalized spacial score (nSPS) is 16.8. The van der Waals surface area contributed by atoms with Gasteiger partial charge in [0, 0.05) is 23.5 Å². The summed E-state index contributed by atoms with van der Waals surface area (Å²) >= 11 is 3.31. The van der Waals surface area contributed by atoms with E-state index in [0.29, 0.717) is 23.1 Å². The highest BCUT2D eigenvalue weighted by Crippen LogP contribution is 2.34. The molecule has 0 aromatic heterocycles. The molecule has 1 fully saturated rings. The molecule has 0 saturated carbocycles. The maximum Gasteiger partial charge on any atom is 0.306 e. The molecular weight excluding hydrogens is 312 g/mol. The zero-order chi connectivity index (χ0) is 14.2. The lowest BCUT2D eigenvalue weighted by atomic mass is 9.86. The van der Waals surface area contributed by atoms with Gasteiger partial charge in [-0.2, -0.15) is 0 Å². The summed E-state index contributed by atoms with van der Waals surface area (Å²) in [7, 11) is 0. The van der Waals surface area contributed by atoms with Crippen LogP contribution in [0.5, 0.6) is 0 Å². The largest absolute Gasteiger partial charge is 0.481 e. The Kier molecular flexibility index (Phi) is 3.80. The summed E-state index contributed by atoms with van der Waals surface area (Å²) in [5, 5.41) is 8.96. The third kappa shape index (κ3) is 2.58. The first-order chi connectivity index (χ1) is 8.91. The van der Waals surface area contributed by atoms with Crippen LogP contribution in [0.4, 0.5) is 5.69 Å². The molecule has 0 spiro atoms. The van der Waals surface area contributed by atoms with E-state index in [-0.39, 0.29) is 11.8 Å². The third-order valence-electron chi connectivity index (χ3n) is 3.59. The molecule has 6 heteroatoms. The fraction of sp³-hybridized carbons (Fsp3) is 0.385. The number of halogens is 1. The van der Waals surface area contributed by atoms with E-state index in [9.17, 15) is 9.59 Å². The molecule has 19 heavy (non-hydrogen) atoms. The van der Waals surface area contributed by atoms with E-state index in [4.69, 9.17) is 10.8 Å². The van der Waals surface area contributed by atoms with Gasteiger partial charge in [-0.15, -0.1) is 0 Å². The van der Waals surface area contributed by atoms with Gasteiger partial charge in [0.2, 0.25) is 0 Å². The molecule has 1 saturated heterocycles. The van der Waals surface area contributed by atoms with Crippen molar-refractivity contribution < 1.29 is 14.7 Å². The lowest BCUT2D eigenvalue weighted by Gasteiger charge is -2.43. The maximum absolute atomic E-state index is 11.5. The van der Waals surface area contributed by atoms with Crippen LogP contribution < -0.4 is 10.6 Å². The molecule has 0 radical (unpaired) electrons. The van der Waals surface area contributed by atoms with Crippen molar-refractivity contribution in [2.24, 2.45) is 17.6 Å². The molecule has 1 unspecified atom stereocenters. The van der Waals surface area contributed by atoms with Crippen molar-refractivity contribution >= 4 is 33.5 Å². The highest BCUT2D eigenvalue weighted by molar-refractivity contribution is 9.10. The number of aliphatic carboxylic acids is 1. The number of benzene rings is 1. The number of carbonyl (C=O) groups excluding carboxylic acids is 1. The predicted octanol–water partition coefficient (Wildman–Crippen LogP) is 1.70. The number of anilines is 1. The smallest absolute Gasteiger partial charge is 0.306 e. The van der Waals surface area contributed by atoms with Gasteiger partial charge in [-0.3, -0.25) is 9.59 Å². The van der Waals surface area contributed by atoms with Crippen molar-refractivity contribution in [1.82, 2.24) is 0 Å². The minimum atomic E-state index is -0.783. The molecule has 1 aliphatic rings. The number of carboxylic acids is 1. The van der Waals surface area contributed by atoms with E-state index < -0.39 is 11.9 Å². The minimum Gasteiger partial charge on any atom is -0.481 e. The standard InChI is InChI=1S/C13H15BrN2O3/c1-7(13(18)19)8-5-16(6-8)10-4-2-3-9(14)11(10)12(15)17/h2-4,7-8H,5-6H2,1H3,(H2,15,17)(H,18,19). The minimum absolute atomic E-state index is 0.109. The molecule has 2 rings (SSSR count). The zero-order valence-electron chi connectivity index (χ0n) is 10.5. The monoisotopic (exact) mass is 326 g/mol. The van der Waals surface area contributed by atoms with E-state index in [1.165, 1.54) is 0 Å². The van der Waals surface area contributed by atoms with Crippen molar-refractivity contribution in [2.75, 3.05) is 18.0 Å². The number of hydrogen-bond donors (Lipinski definition) is 2. The second kappa shape index (κ2) is 5.21. The number of carbonyl (C=O) groups is 2. The molecule has 3 N–H and O–H groups in total. The topological polar surface area (TPSA) is 83.6 Å². The second-order valence-electron chi connectivity index (χ2n) is 4.79. The fourth-order valence-electron chi connectivity index (χ4n) is 2.25. The van der Waals surface area contributed by atoms with E-state index in [1.54, 1.807) is 13.0 Å². The Bertz CT molecular complexity index is 527. The van der Waals surface area contributed by atoms with Crippen molar-refractivity contribution in [3.8, 4) is 0 Å². The van der Waals surface area contributed by atoms with Crippen molar-refractivity contribution in [2.45, 2.75) is 6.92 Å². The van der Waals surface area contributed by atoms with Crippen LogP contribution in [-0.2, 0) is 4.79 Å². The van der Waals surface area contributed by atoms with Crippen molar-refractivity contribution in [3.63, 3.8) is 0 Å². The van der Waals surface area contributed by atoms with Gasteiger partial charge in [-0.1, -0.05) is 13.0 Å². The number of primary amides is 1. The van der Waals surface area contributed by atoms with Gasteiger partial charge in [0.05, 0.1) is 17.2 Å². The van der Waals surface area contributed by atoms with Crippen molar-refractivity contribution in [1.29, 1.82) is 0 Å². The summed E-state index contributed by atoms with van der Waals surface area (Å²) in [4.78, 5) is 24.4. The fourth-order valence-corrected chi connectivity index (χ4v) is 2.80. The molecule has 102 valence electrons. The molecule has 1 aliphatic heterocycles. The number of hydrogen-bond acceptors (Lipinski definition) is 3. The molecule has 5 nitrogen and oxygen atoms in total. The van der Waals surface area contributed by atoms with Crippen LogP contribution in [0.25, 0.3) is 0 Å². The van der Waals surface area contributed by atoms with Crippen molar-refractivity contribution in [3.05, 3.63) is 28.2 Å². The average Bonchev–Trinajstić information content (AvgIpc) is 2.26. The van der Waals surface area contributed by atoms with Gasteiger partial charge in [0.25, 0.3) is 5.91 Å². The average molecular weight is 327 g/mol. The SMILES string of the molecule is CC(C(=O)O)C1CN(c2cccc(Br)c2C(N)=O)C1. The van der Waals surface area contributed by atoms with Gasteiger partial charge in [-0.25, -0.2) is 0 Å². The highest BCUT2D eigenvalue weighted by Gasteiger charge is 2.36. The molecule has 1 heterocycles. The lowest BCUT2D eigenvalue weighted by molar-refractivity contribution is -0.143. The van der Waals surface area contributed by atoms with Crippen LogP contribution in [0.15, 0.2) is 22.7 Å². The first-order valence-electron chi connectivity index (χ1n) is 5.98. The summed E-state index contributed by atoms with van der Waals surface area (Å²) in [6.45, 7) is 2.97. The number of nitrogens with two attached hydrogens (primary N) is 1. The Labute approximate surface area is 119 Å². The summed E-state index contributed by atoms with van der Waals surface area (Å²) < 4.78 is 0.659. The van der Waals surface area contributed by atoms with E-state index in [0.717, 1.165) is 5.69 Å². The molecule has 1 aromatic carbocycles. The highest BCUT2D eigenvalue weighted by atomic mass is 79.9. The Morgan fingerprint density at radius 3 is 2.63 bits per heavy atom. The first-order valence-corrected chi connectivity index (χ1v) is 6.77. The molecular formula is C13H15BrN2O3. The van der Waals surface area contributed by atoms with E-state index >= 15 is 0 Å². The molecule has 1 aromatic rings. The summed E-state index contributed by atoms with van der Waals surface area (Å²) in [5.74, 6) is -1.54. The van der Waals surface area contributed by atoms with Gasteiger partial charge >= 0.3 is 5.97 Å². The van der Waals surface area contributed by atoms with Gasteiger partial charge in [0.1, 0.15) is 0 Å². The molecule has 1 atom stereocenters. The quantitative estimate of drug-likeness (QED) is 0.882. The Morgan fingerprint density at radius 1 is 1.47 bits per heavy atom. The Balaban J connectivity index is 2.16. The zero-order valence-corrected chi connectivity index (χ0v) is 12.1. The van der Waals surface area contributed by atoms with Crippen LogP contribution in [-0.4, -0.2) is 30.1 Å². The van der Waals surface area contributed by atoms with Crippen LogP contribution >= 0.6 is 15.9 Å². The maximum atomic E-state index is 11.5. The molecule has 0 aliphatic carbocycles. The lowest BCUT2D eigenvalue weighted by Crippen LogP contribution is -2.51.